The van der Waals surface area contributed by atoms with E-state index in [-0.39, 0.29) is 5.56 Å². The molecule has 0 unspecified atom stereocenters. The van der Waals surface area contributed by atoms with Gasteiger partial charge in [0.2, 0.25) is 0 Å². The molecule has 0 aliphatic heterocycles. The minimum absolute atomic E-state index is 0.0345. The maximum absolute atomic E-state index is 12.4. The fourth-order valence-corrected chi connectivity index (χ4v) is 2.19. The molecule has 3 aromatic rings. The first-order chi connectivity index (χ1) is 9.66. The number of pyridine rings is 1. The molecule has 0 amide bonds. The second kappa shape index (κ2) is 4.81. The van der Waals surface area contributed by atoms with Gasteiger partial charge in [-0.15, -0.1) is 0 Å². The molecule has 1 N–H and O–H groups in total. The Morgan fingerprint density at radius 1 is 1.10 bits per heavy atom. The average Bonchev–Trinajstić information content (AvgIpc) is 2.77. The average molecular weight is 265 g/mol. The van der Waals surface area contributed by atoms with Crippen LogP contribution in [-0.4, -0.2) is 14.8 Å². The number of hydrogen-bond acceptors (Lipinski definition) is 2. The van der Waals surface area contributed by atoms with E-state index in [0.717, 1.165) is 22.5 Å². The van der Waals surface area contributed by atoms with Crippen LogP contribution in [0.5, 0.6) is 0 Å². The van der Waals surface area contributed by atoms with E-state index < -0.39 is 0 Å². The summed E-state index contributed by atoms with van der Waals surface area (Å²) < 4.78 is 1.57. The molecule has 100 valence electrons. The number of hydrogen-bond donors (Lipinski definition) is 1. The Kier molecular flexibility index (Phi) is 2.99. The Balaban J connectivity index is 2.16. The van der Waals surface area contributed by atoms with Crippen LogP contribution in [0.3, 0.4) is 0 Å². The Hall–Kier alpha value is -2.62. The Morgan fingerprint density at radius 3 is 2.50 bits per heavy atom. The van der Waals surface area contributed by atoms with Crippen LogP contribution in [0, 0.1) is 13.8 Å². The number of H-pyrrole nitrogens is 1. The molecule has 0 aliphatic rings. The number of rotatable bonds is 2. The van der Waals surface area contributed by atoms with Crippen molar-refractivity contribution in [3.05, 3.63) is 70.3 Å². The van der Waals surface area contributed by atoms with Crippen molar-refractivity contribution in [1.82, 2.24) is 14.8 Å². The number of aromatic nitrogens is 3. The molecule has 0 aliphatic carbocycles. The van der Waals surface area contributed by atoms with Gasteiger partial charge < -0.3 is 0 Å². The van der Waals surface area contributed by atoms with Crippen LogP contribution in [0.15, 0.2) is 53.6 Å². The highest BCUT2D eigenvalue weighted by molar-refractivity contribution is 5.61. The zero-order chi connectivity index (χ0) is 14.1. The van der Waals surface area contributed by atoms with Crippen molar-refractivity contribution in [2.24, 2.45) is 0 Å². The van der Waals surface area contributed by atoms with Gasteiger partial charge in [-0.1, -0.05) is 17.7 Å². The summed E-state index contributed by atoms with van der Waals surface area (Å²) in [7, 11) is 0. The van der Waals surface area contributed by atoms with Gasteiger partial charge in [-0.05, 0) is 38.1 Å². The van der Waals surface area contributed by atoms with Gasteiger partial charge in [-0.2, -0.15) is 0 Å². The van der Waals surface area contributed by atoms with Crippen molar-refractivity contribution >= 4 is 0 Å². The van der Waals surface area contributed by atoms with Crippen LogP contribution in [0.4, 0.5) is 0 Å². The molecule has 0 atom stereocenters. The monoisotopic (exact) mass is 265 g/mol. The summed E-state index contributed by atoms with van der Waals surface area (Å²) in [4.78, 5) is 16.5. The lowest BCUT2D eigenvalue weighted by Crippen LogP contribution is -2.15. The summed E-state index contributed by atoms with van der Waals surface area (Å²) in [6, 6.07) is 11.6. The van der Waals surface area contributed by atoms with E-state index in [1.807, 2.05) is 50.2 Å². The molecular weight excluding hydrogens is 250 g/mol. The van der Waals surface area contributed by atoms with E-state index in [4.69, 9.17) is 0 Å². The second-order valence-corrected chi connectivity index (χ2v) is 4.83. The van der Waals surface area contributed by atoms with Crippen LogP contribution in [0.25, 0.3) is 16.9 Å². The van der Waals surface area contributed by atoms with Crippen LogP contribution in [0.2, 0.25) is 0 Å². The first-order valence-electron chi connectivity index (χ1n) is 6.46. The lowest BCUT2D eigenvalue weighted by Gasteiger charge is -2.02. The van der Waals surface area contributed by atoms with E-state index in [0.29, 0.717) is 5.56 Å². The molecule has 0 bridgehead atoms. The lowest BCUT2D eigenvalue weighted by atomic mass is 10.1. The van der Waals surface area contributed by atoms with Gasteiger partial charge >= 0.3 is 0 Å². The van der Waals surface area contributed by atoms with Crippen molar-refractivity contribution in [2.75, 3.05) is 0 Å². The zero-order valence-electron chi connectivity index (χ0n) is 11.4. The van der Waals surface area contributed by atoms with Gasteiger partial charge in [0.15, 0.2) is 0 Å². The first kappa shape index (κ1) is 12.4. The Labute approximate surface area is 116 Å². The van der Waals surface area contributed by atoms with Crippen molar-refractivity contribution in [3.63, 3.8) is 0 Å². The number of aromatic amines is 1. The highest BCUT2D eigenvalue weighted by Gasteiger charge is 2.12. The molecule has 0 saturated heterocycles. The molecule has 2 heterocycles. The minimum atomic E-state index is -0.0345. The summed E-state index contributed by atoms with van der Waals surface area (Å²) in [6.45, 7) is 3.85. The fourth-order valence-electron chi connectivity index (χ4n) is 2.19. The SMILES string of the molecule is Cc1ccc(-n2[nH]c(-c3cccnc3)c(C)c2=O)cc1. The lowest BCUT2D eigenvalue weighted by molar-refractivity contribution is 0.850. The largest absolute Gasteiger partial charge is 0.290 e. The van der Waals surface area contributed by atoms with Crippen LogP contribution in [0.1, 0.15) is 11.1 Å². The van der Waals surface area contributed by atoms with E-state index in [2.05, 4.69) is 10.1 Å². The predicted molar refractivity (Wildman–Crippen MR) is 79.1 cm³/mol. The van der Waals surface area contributed by atoms with E-state index >= 15 is 0 Å². The van der Waals surface area contributed by atoms with Gasteiger partial charge in [0.25, 0.3) is 5.56 Å². The summed E-state index contributed by atoms with van der Waals surface area (Å²) in [5.74, 6) is 0. The molecule has 0 saturated carbocycles. The normalized spacial score (nSPS) is 10.7. The van der Waals surface area contributed by atoms with Gasteiger partial charge in [0.1, 0.15) is 0 Å². The third-order valence-corrected chi connectivity index (χ3v) is 3.36. The smallest absolute Gasteiger partial charge is 0.274 e. The van der Waals surface area contributed by atoms with Crippen molar-refractivity contribution in [1.29, 1.82) is 0 Å². The molecule has 0 radical (unpaired) electrons. The molecule has 0 spiro atoms. The van der Waals surface area contributed by atoms with Crippen molar-refractivity contribution < 1.29 is 0 Å². The van der Waals surface area contributed by atoms with Crippen LogP contribution >= 0.6 is 0 Å². The summed E-state index contributed by atoms with van der Waals surface area (Å²) >= 11 is 0. The van der Waals surface area contributed by atoms with Gasteiger partial charge in [0.05, 0.1) is 11.4 Å². The Bertz CT molecular complexity index is 783. The topological polar surface area (TPSA) is 50.7 Å². The van der Waals surface area contributed by atoms with Gasteiger partial charge in [-0.25, -0.2) is 4.68 Å². The molecule has 4 heteroatoms. The molecule has 20 heavy (non-hydrogen) atoms. The van der Waals surface area contributed by atoms with Gasteiger partial charge in [-0.3, -0.25) is 14.9 Å². The fraction of sp³-hybridized carbons (Fsp3) is 0.125. The van der Waals surface area contributed by atoms with Gasteiger partial charge in [0, 0.05) is 23.5 Å². The molecule has 0 fully saturated rings. The van der Waals surface area contributed by atoms with Crippen molar-refractivity contribution in [3.8, 4) is 16.9 Å². The summed E-state index contributed by atoms with van der Waals surface area (Å²) in [5, 5.41) is 3.17. The molecule has 2 aromatic heterocycles. The molecular formula is C16H15N3O. The highest BCUT2D eigenvalue weighted by Crippen LogP contribution is 2.19. The van der Waals surface area contributed by atoms with E-state index in [1.165, 1.54) is 0 Å². The maximum Gasteiger partial charge on any atom is 0.274 e. The Morgan fingerprint density at radius 2 is 1.85 bits per heavy atom. The minimum Gasteiger partial charge on any atom is -0.290 e. The maximum atomic E-state index is 12.4. The van der Waals surface area contributed by atoms with Crippen LogP contribution in [-0.2, 0) is 0 Å². The number of nitrogens with zero attached hydrogens (tertiary/aromatic N) is 2. The zero-order valence-corrected chi connectivity index (χ0v) is 11.4. The molecule has 1 aromatic carbocycles. The number of aryl methyl sites for hydroxylation is 1. The molecule has 3 rings (SSSR count). The summed E-state index contributed by atoms with van der Waals surface area (Å²) in [5.41, 5.74) is 4.37. The van der Waals surface area contributed by atoms with E-state index in [1.54, 1.807) is 17.1 Å². The third kappa shape index (κ3) is 2.05. The predicted octanol–water partition coefficient (Wildman–Crippen LogP) is 2.84. The summed E-state index contributed by atoms with van der Waals surface area (Å²) in [6.07, 6.45) is 3.46. The molecule has 4 nitrogen and oxygen atoms in total. The quantitative estimate of drug-likeness (QED) is 0.774. The number of benzene rings is 1. The van der Waals surface area contributed by atoms with E-state index in [9.17, 15) is 4.79 Å². The number of nitrogens with one attached hydrogen (secondary N) is 1. The second-order valence-electron chi connectivity index (χ2n) is 4.83. The van der Waals surface area contributed by atoms with Crippen molar-refractivity contribution in [2.45, 2.75) is 13.8 Å². The third-order valence-electron chi connectivity index (χ3n) is 3.36. The first-order valence-corrected chi connectivity index (χ1v) is 6.46. The highest BCUT2D eigenvalue weighted by atomic mass is 16.1. The standard InChI is InChI=1S/C16H15N3O/c1-11-5-7-14(8-6-11)19-16(20)12(2)15(18-19)13-4-3-9-17-10-13/h3-10,18H,1-2H3. The van der Waals surface area contributed by atoms with Crippen LogP contribution < -0.4 is 5.56 Å².